The zero-order chi connectivity index (χ0) is 22.1. The average Bonchev–Trinajstić information content (AvgIpc) is 2.77. The van der Waals surface area contributed by atoms with Crippen molar-refractivity contribution in [1.82, 2.24) is 20.9 Å². The maximum Gasteiger partial charge on any atom is 0.252 e. The molecule has 1 aliphatic rings. The number of hydrogen-bond donors (Lipinski definition) is 3. The Bertz CT molecular complexity index is 735. The third kappa shape index (κ3) is 6.58. The summed E-state index contributed by atoms with van der Waals surface area (Å²) in [5.74, 6) is 0.245. The number of nitrogens with one attached hydrogen (secondary N) is 3. The number of nitrogens with zero attached hydrogens (tertiary/aromatic N) is 1. The molecule has 0 spiro atoms. The second kappa shape index (κ2) is 11.7. The van der Waals surface area contributed by atoms with E-state index in [0.717, 1.165) is 44.0 Å². The van der Waals surface area contributed by atoms with Crippen molar-refractivity contribution in [2.24, 2.45) is 5.92 Å². The highest BCUT2D eigenvalue weighted by Crippen LogP contribution is 2.22. The largest absolute Gasteiger partial charge is 0.497 e. The maximum absolute atomic E-state index is 13.0. The fourth-order valence-corrected chi connectivity index (χ4v) is 3.85. The van der Waals surface area contributed by atoms with E-state index in [1.807, 2.05) is 20.8 Å². The number of ether oxygens (including phenoxy) is 1. The second-order valence-corrected chi connectivity index (χ2v) is 8.05. The lowest BCUT2D eigenvalue weighted by Crippen LogP contribution is -2.55. The summed E-state index contributed by atoms with van der Waals surface area (Å²) in [5, 5.41) is 9.93. The Morgan fingerprint density at radius 1 is 1.23 bits per heavy atom. The van der Waals surface area contributed by atoms with Crippen LogP contribution in [0.25, 0.3) is 0 Å². The first-order chi connectivity index (χ1) is 14.4. The van der Waals surface area contributed by atoms with Gasteiger partial charge in [-0.05, 0) is 69.4 Å². The van der Waals surface area contributed by atoms with Crippen molar-refractivity contribution in [3.63, 3.8) is 0 Å². The van der Waals surface area contributed by atoms with Gasteiger partial charge in [-0.2, -0.15) is 0 Å². The molecule has 7 nitrogen and oxygen atoms in total. The molecule has 1 fully saturated rings. The molecular formula is C22H34N4O3S. The minimum atomic E-state index is -0.590. The third-order valence-electron chi connectivity index (χ3n) is 5.53. The van der Waals surface area contributed by atoms with E-state index in [1.165, 1.54) is 0 Å². The van der Waals surface area contributed by atoms with E-state index in [9.17, 15) is 9.59 Å². The smallest absolute Gasteiger partial charge is 0.252 e. The Morgan fingerprint density at radius 2 is 1.93 bits per heavy atom. The molecule has 0 aromatic heterocycles. The second-order valence-electron chi connectivity index (χ2n) is 7.66. The van der Waals surface area contributed by atoms with Crippen LogP contribution in [0.15, 0.2) is 24.3 Å². The number of carbonyl (C=O) groups is 2. The normalized spacial score (nSPS) is 16.3. The van der Waals surface area contributed by atoms with Gasteiger partial charge in [0.05, 0.1) is 7.11 Å². The van der Waals surface area contributed by atoms with Crippen molar-refractivity contribution in [2.45, 2.75) is 52.1 Å². The summed E-state index contributed by atoms with van der Waals surface area (Å²) in [6.45, 7) is 8.32. The van der Waals surface area contributed by atoms with Crippen LogP contribution >= 0.6 is 12.2 Å². The highest BCUT2D eigenvalue weighted by atomic mass is 32.1. The number of methoxy groups -OCH3 is 1. The van der Waals surface area contributed by atoms with Crippen LogP contribution in [0, 0.1) is 5.92 Å². The lowest BCUT2D eigenvalue weighted by molar-refractivity contribution is -0.125. The molecular weight excluding hydrogens is 400 g/mol. The zero-order valence-electron chi connectivity index (χ0n) is 18.4. The highest BCUT2D eigenvalue weighted by Gasteiger charge is 2.33. The Morgan fingerprint density at radius 3 is 2.53 bits per heavy atom. The Hall–Kier alpha value is -2.35. The third-order valence-corrected chi connectivity index (χ3v) is 5.93. The molecule has 1 aromatic carbocycles. The molecule has 1 aliphatic heterocycles. The number of hydrogen-bond acceptors (Lipinski definition) is 4. The number of piperidine rings is 1. The van der Waals surface area contributed by atoms with Crippen LogP contribution in [0.1, 0.15) is 50.4 Å². The molecule has 1 heterocycles. The first kappa shape index (κ1) is 23.9. The zero-order valence-corrected chi connectivity index (χ0v) is 19.2. The quantitative estimate of drug-likeness (QED) is 0.545. The summed E-state index contributed by atoms with van der Waals surface area (Å²) in [5.41, 5.74) is 0.474. The van der Waals surface area contributed by atoms with Gasteiger partial charge >= 0.3 is 0 Å². The van der Waals surface area contributed by atoms with Crippen LogP contribution in [-0.4, -0.2) is 60.7 Å². The number of rotatable bonds is 8. The maximum atomic E-state index is 13.0. The molecule has 0 saturated carbocycles. The minimum absolute atomic E-state index is 0.0456. The first-order valence-corrected chi connectivity index (χ1v) is 11.1. The van der Waals surface area contributed by atoms with Gasteiger partial charge in [0.25, 0.3) is 5.91 Å². The summed E-state index contributed by atoms with van der Waals surface area (Å²) < 4.78 is 5.21. The summed E-state index contributed by atoms with van der Waals surface area (Å²) in [6.07, 6.45) is 2.39. The van der Waals surface area contributed by atoms with E-state index in [0.29, 0.717) is 11.3 Å². The van der Waals surface area contributed by atoms with Gasteiger partial charge in [-0.15, -0.1) is 0 Å². The van der Waals surface area contributed by atoms with Crippen LogP contribution in [0.4, 0.5) is 0 Å². The van der Waals surface area contributed by atoms with E-state index in [1.54, 1.807) is 31.4 Å². The van der Waals surface area contributed by atoms with Crippen LogP contribution in [0.5, 0.6) is 5.75 Å². The van der Waals surface area contributed by atoms with Crippen molar-refractivity contribution >= 4 is 29.1 Å². The highest BCUT2D eigenvalue weighted by molar-refractivity contribution is 7.80. The van der Waals surface area contributed by atoms with E-state index in [2.05, 4.69) is 20.9 Å². The molecule has 3 N–H and O–H groups in total. The number of amides is 2. The van der Waals surface area contributed by atoms with Crippen LogP contribution < -0.4 is 20.7 Å². The van der Waals surface area contributed by atoms with Crippen molar-refractivity contribution in [3.05, 3.63) is 29.8 Å². The average molecular weight is 435 g/mol. The Kier molecular flexibility index (Phi) is 9.36. The van der Waals surface area contributed by atoms with Crippen molar-refractivity contribution in [2.75, 3.05) is 26.7 Å². The SMILES string of the molecule is CCNC(=S)N1CCC([C@H](NC(=O)c2cccc(OC)c2)C(=O)N[C@@H](C)CC)CC1. The molecule has 2 atom stereocenters. The molecule has 1 aromatic rings. The minimum Gasteiger partial charge on any atom is -0.497 e. The van der Waals surface area contributed by atoms with E-state index in [4.69, 9.17) is 17.0 Å². The van der Waals surface area contributed by atoms with Crippen molar-refractivity contribution in [3.8, 4) is 5.75 Å². The van der Waals surface area contributed by atoms with Gasteiger partial charge in [0, 0.05) is 31.2 Å². The van der Waals surface area contributed by atoms with Gasteiger partial charge in [-0.25, -0.2) is 0 Å². The molecule has 8 heteroatoms. The Labute approximate surface area is 184 Å². The van der Waals surface area contributed by atoms with E-state index in [-0.39, 0.29) is 23.8 Å². The monoisotopic (exact) mass is 434 g/mol. The molecule has 0 aliphatic carbocycles. The number of likely N-dealkylation sites (tertiary alicyclic amines) is 1. The number of carbonyl (C=O) groups excluding carboxylic acids is 2. The lowest BCUT2D eigenvalue weighted by atomic mass is 9.88. The van der Waals surface area contributed by atoms with Gasteiger partial charge in [0.1, 0.15) is 11.8 Å². The van der Waals surface area contributed by atoms with Crippen LogP contribution in [0.2, 0.25) is 0 Å². The molecule has 1 saturated heterocycles. The summed E-state index contributed by atoms with van der Waals surface area (Å²) in [6, 6.07) is 6.41. The standard InChI is InChI=1S/C22H34N4O3S/c1-5-15(3)24-21(28)19(16-10-12-26(13-11-16)22(30)23-6-2)25-20(27)17-8-7-9-18(14-17)29-4/h7-9,14-16,19H,5-6,10-13H2,1-4H3,(H,23,30)(H,24,28)(H,25,27)/t15-,19-/m0/s1. The van der Waals surface area contributed by atoms with Gasteiger partial charge in [-0.3, -0.25) is 9.59 Å². The topological polar surface area (TPSA) is 82.7 Å². The van der Waals surface area contributed by atoms with Crippen molar-refractivity contribution in [1.29, 1.82) is 0 Å². The molecule has 166 valence electrons. The molecule has 0 unspecified atom stereocenters. The molecule has 2 amide bonds. The van der Waals surface area contributed by atoms with Gasteiger partial charge in [0.15, 0.2) is 5.11 Å². The lowest BCUT2D eigenvalue weighted by Gasteiger charge is -2.37. The Balaban J connectivity index is 2.12. The van der Waals surface area contributed by atoms with Crippen LogP contribution in [0.3, 0.4) is 0 Å². The van der Waals surface area contributed by atoms with Crippen LogP contribution in [-0.2, 0) is 4.79 Å². The van der Waals surface area contributed by atoms with Gasteiger partial charge in [-0.1, -0.05) is 13.0 Å². The summed E-state index contributed by atoms with van der Waals surface area (Å²) in [4.78, 5) is 28.0. The molecule has 0 bridgehead atoms. The van der Waals surface area contributed by atoms with E-state index < -0.39 is 6.04 Å². The molecule has 30 heavy (non-hydrogen) atoms. The molecule has 0 radical (unpaired) electrons. The molecule has 2 rings (SSSR count). The fraction of sp³-hybridized carbons (Fsp3) is 0.591. The van der Waals surface area contributed by atoms with Gasteiger partial charge < -0.3 is 25.6 Å². The summed E-state index contributed by atoms with van der Waals surface area (Å²) in [7, 11) is 1.56. The first-order valence-electron chi connectivity index (χ1n) is 10.7. The predicted molar refractivity (Wildman–Crippen MR) is 123 cm³/mol. The number of benzene rings is 1. The van der Waals surface area contributed by atoms with E-state index >= 15 is 0 Å². The number of thiocarbonyl (C=S) groups is 1. The van der Waals surface area contributed by atoms with Crippen molar-refractivity contribution < 1.29 is 14.3 Å². The predicted octanol–water partition coefficient (Wildman–Crippen LogP) is 2.31. The summed E-state index contributed by atoms with van der Waals surface area (Å²) >= 11 is 5.41. The fourth-order valence-electron chi connectivity index (χ4n) is 3.52. The van der Waals surface area contributed by atoms with Gasteiger partial charge in [0.2, 0.25) is 5.91 Å².